The summed E-state index contributed by atoms with van der Waals surface area (Å²) in [5.74, 6) is 2.04. The van der Waals surface area contributed by atoms with Crippen LogP contribution in [0.25, 0.3) is 0 Å². The van der Waals surface area contributed by atoms with Crippen LogP contribution in [-0.4, -0.2) is 16.1 Å². The Morgan fingerprint density at radius 1 is 1.50 bits per heavy atom. The van der Waals surface area contributed by atoms with E-state index in [1.165, 1.54) is 6.07 Å². The average molecular weight is 212 g/mol. The molecule has 0 fully saturated rings. The van der Waals surface area contributed by atoms with E-state index >= 15 is 0 Å². The average Bonchev–Trinajstić information content (AvgIpc) is 2.18. The number of thioether (sulfide) groups is 1. The lowest BCUT2D eigenvalue weighted by Crippen LogP contribution is -2.23. The first-order valence-electron chi connectivity index (χ1n) is 4.70. The second-order valence-corrected chi connectivity index (χ2v) is 4.45. The van der Waals surface area contributed by atoms with Crippen LogP contribution in [0, 0.1) is 6.92 Å². The van der Waals surface area contributed by atoms with Gasteiger partial charge in [-0.25, -0.2) is 0 Å². The lowest BCUT2D eigenvalue weighted by Gasteiger charge is -2.10. The molecule has 1 heterocycles. The first-order valence-corrected chi connectivity index (χ1v) is 5.86. The predicted molar refractivity (Wildman–Crippen MR) is 62.9 cm³/mol. The van der Waals surface area contributed by atoms with Crippen LogP contribution in [0.5, 0.6) is 0 Å². The Kier molecular flexibility index (Phi) is 4.07. The Balaban J connectivity index is 2.84. The van der Waals surface area contributed by atoms with E-state index in [0.717, 1.165) is 23.7 Å². The number of rotatable bonds is 4. The van der Waals surface area contributed by atoms with Crippen molar-refractivity contribution in [3.63, 3.8) is 0 Å². The quantitative estimate of drug-likeness (QED) is 0.769. The first-order chi connectivity index (χ1) is 6.66. The van der Waals surface area contributed by atoms with Crippen molar-refractivity contribution < 1.29 is 0 Å². The molecule has 4 heteroatoms. The first kappa shape index (κ1) is 11.2. The molecule has 78 valence electrons. The minimum absolute atomic E-state index is 0.0356. The summed E-state index contributed by atoms with van der Waals surface area (Å²) in [6.07, 6.45) is 0. The molecule has 0 aliphatic rings. The van der Waals surface area contributed by atoms with E-state index in [1.807, 2.05) is 18.7 Å². The Morgan fingerprint density at radius 2 is 2.21 bits per heavy atom. The Bertz CT molecular complexity index is 360. The normalized spacial score (nSPS) is 10.4. The van der Waals surface area contributed by atoms with Gasteiger partial charge in [-0.15, -0.1) is 0 Å². The van der Waals surface area contributed by atoms with E-state index in [-0.39, 0.29) is 5.56 Å². The zero-order valence-electron chi connectivity index (χ0n) is 8.62. The molecule has 0 saturated heterocycles. The third kappa shape index (κ3) is 2.54. The van der Waals surface area contributed by atoms with Gasteiger partial charge in [0.1, 0.15) is 0 Å². The summed E-state index contributed by atoms with van der Waals surface area (Å²) in [6, 6.07) is 3.19. The fraction of sp³-hybridized carbons (Fsp3) is 0.500. The predicted octanol–water partition coefficient (Wildman–Crippen LogP) is 1.49. The minimum atomic E-state index is 0.0356. The van der Waals surface area contributed by atoms with Crippen LogP contribution in [0.4, 0.5) is 5.69 Å². The van der Waals surface area contributed by atoms with Crippen LogP contribution in [-0.2, 0) is 6.54 Å². The van der Waals surface area contributed by atoms with E-state index in [0.29, 0.717) is 5.69 Å². The fourth-order valence-electron chi connectivity index (χ4n) is 1.27. The summed E-state index contributed by atoms with van der Waals surface area (Å²) in [4.78, 5) is 11.5. The molecular weight excluding hydrogens is 196 g/mol. The van der Waals surface area contributed by atoms with Gasteiger partial charge in [0.05, 0.1) is 5.69 Å². The number of aromatic nitrogens is 1. The van der Waals surface area contributed by atoms with Gasteiger partial charge in [-0.2, -0.15) is 11.8 Å². The van der Waals surface area contributed by atoms with Gasteiger partial charge in [-0.3, -0.25) is 4.79 Å². The number of hydrogen-bond acceptors (Lipinski definition) is 3. The molecule has 0 bridgehead atoms. The summed E-state index contributed by atoms with van der Waals surface area (Å²) in [7, 11) is 0. The van der Waals surface area contributed by atoms with Crippen LogP contribution >= 0.6 is 11.8 Å². The van der Waals surface area contributed by atoms with Gasteiger partial charge in [0.2, 0.25) is 0 Å². The molecule has 3 nitrogen and oxygen atoms in total. The Hall–Kier alpha value is -0.900. The van der Waals surface area contributed by atoms with Gasteiger partial charge in [-0.05, 0) is 18.7 Å². The van der Waals surface area contributed by atoms with Crippen molar-refractivity contribution in [3.05, 3.63) is 28.2 Å². The van der Waals surface area contributed by atoms with E-state index in [9.17, 15) is 4.79 Å². The molecular formula is C10H16N2OS. The van der Waals surface area contributed by atoms with Gasteiger partial charge in [0.25, 0.3) is 5.56 Å². The third-order valence-electron chi connectivity index (χ3n) is 2.16. The highest BCUT2D eigenvalue weighted by atomic mass is 32.2. The van der Waals surface area contributed by atoms with Crippen molar-refractivity contribution in [2.75, 3.05) is 17.2 Å². The highest BCUT2D eigenvalue weighted by molar-refractivity contribution is 7.99. The van der Waals surface area contributed by atoms with Gasteiger partial charge >= 0.3 is 0 Å². The van der Waals surface area contributed by atoms with Crippen molar-refractivity contribution in [1.82, 2.24) is 4.57 Å². The molecule has 0 unspecified atom stereocenters. The molecule has 0 aliphatic heterocycles. The Labute approximate surface area is 88.3 Å². The van der Waals surface area contributed by atoms with Crippen LogP contribution in [0.1, 0.15) is 12.6 Å². The molecule has 0 aromatic carbocycles. The molecule has 1 aromatic heterocycles. The van der Waals surface area contributed by atoms with Crippen LogP contribution < -0.4 is 11.3 Å². The van der Waals surface area contributed by atoms with Crippen molar-refractivity contribution >= 4 is 17.4 Å². The highest BCUT2D eigenvalue weighted by Gasteiger charge is 2.02. The molecule has 1 rings (SSSR count). The van der Waals surface area contributed by atoms with Crippen molar-refractivity contribution in [2.45, 2.75) is 20.4 Å². The second-order valence-electron chi connectivity index (χ2n) is 3.06. The number of pyridine rings is 1. The minimum Gasteiger partial charge on any atom is -0.397 e. The van der Waals surface area contributed by atoms with Crippen molar-refractivity contribution in [2.24, 2.45) is 0 Å². The van der Waals surface area contributed by atoms with Gasteiger partial charge in [0.15, 0.2) is 0 Å². The molecule has 0 saturated carbocycles. The number of anilines is 1. The molecule has 2 N–H and O–H groups in total. The standard InChI is InChI=1S/C10H16N2OS/c1-3-14-7-6-12-8(2)9(11)4-5-10(12)13/h4-5H,3,6-7,11H2,1-2H3. The van der Waals surface area contributed by atoms with Crippen LogP contribution in [0.3, 0.4) is 0 Å². The summed E-state index contributed by atoms with van der Waals surface area (Å²) in [5.41, 5.74) is 7.32. The van der Waals surface area contributed by atoms with E-state index in [4.69, 9.17) is 5.73 Å². The summed E-state index contributed by atoms with van der Waals surface area (Å²) in [6.45, 7) is 4.74. The second kappa shape index (κ2) is 5.10. The molecule has 0 radical (unpaired) electrons. The third-order valence-corrected chi connectivity index (χ3v) is 3.04. The highest BCUT2D eigenvalue weighted by Crippen LogP contribution is 2.07. The van der Waals surface area contributed by atoms with Gasteiger partial charge < -0.3 is 10.3 Å². The maximum absolute atomic E-state index is 11.5. The number of nitrogens with zero attached hydrogens (tertiary/aromatic N) is 1. The molecule has 0 amide bonds. The molecule has 0 aliphatic carbocycles. The van der Waals surface area contributed by atoms with Crippen molar-refractivity contribution in [3.8, 4) is 0 Å². The van der Waals surface area contributed by atoms with Crippen molar-refractivity contribution in [1.29, 1.82) is 0 Å². The number of hydrogen-bond donors (Lipinski definition) is 1. The smallest absolute Gasteiger partial charge is 0.250 e. The number of nitrogens with two attached hydrogens (primary N) is 1. The topological polar surface area (TPSA) is 48.0 Å². The summed E-state index contributed by atoms with van der Waals surface area (Å²) < 4.78 is 1.73. The lowest BCUT2D eigenvalue weighted by molar-refractivity contribution is 0.710. The lowest BCUT2D eigenvalue weighted by atomic mass is 10.3. The van der Waals surface area contributed by atoms with E-state index < -0.39 is 0 Å². The van der Waals surface area contributed by atoms with E-state index in [2.05, 4.69) is 6.92 Å². The molecule has 14 heavy (non-hydrogen) atoms. The zero-order valence-corrected chi connectivity index (χ0v) is 9.43. The SMILES string of the molecule is CCSCCn1c(C)c(N)ccc1=O. The van der Waals surface area contributed by atoms with Gasteiger partial charge in [-0.1, -0.05) is 6.92 Å². The largest absolute Gasteiger partial charge is 0.397 e. The zero-order chi connectivity index (χ0) is 10.6. The maximum atomic E-state index is 11.5. The summed E-state index contributed by atoms with van der Waals surface area (Å²) in [5, 5.41) is 0. The fourth-order valence-corrected chi connectivity index (χ4v) is 1.87. The van der Waals surface area contributed by atoms with Gasteiger partial charge in [0, 0.05) is 24.1 Å². The van der Waals surface area contributed by atoms with E-state index in [1.54, 1.807) is 10.6 Å². The monoisotopic (exact) mass is 212 g/mol. The Morgan fingerprint density at radius 3 is 2.86 bits per heavy atom. The molecule has 1 aromatic rings. The number of nitrogen functional groups attached to an aromatic ring is 1. The molecule has 0 atom stereocenters. The van der Waals surface area contributed by atoms with Crippen LogP contribution in [0.15, 0.2) is 16.9 Å². The summed E-state index contributed by atoms with van der Waals surface area (Å²) >= 11 is 1.83. The van der Waals surface area contributed by atoms with Crippen LogP contribution in [0.2, 0.25) is 0 Å². The maximum Gasteiger partial charge on any atom is 0.250 e. The molecule has 0 spiro atoms.